The average Bonchev–Trinajstić information content (AvgIpc) is 2.73. The van der Waals surface area contributed by atoms with Crippen molar-refractivity contribution in [1.29, 1.82) is 0 Å². The second-order valence-corrected chi connectivity index (χ2v) is 4.50. The standard InChI is InChI=1S/C14H18N2O2/c1-10(11(2)18)16-13-7-4-3-6-12(13)15-14(16)8-5-9-17/h3-4,6-7,10,17H,5,8-9H2,1-2H3. The monoisotopic (exact) mass is 246 g/mol. The molecule has 1 aromatic carbocycles. The third-order valence-electron chi connectivity index (χ3n) is 3.20. The predicted octanol–water partition coefficient (Wildman–Crippen LogP) is 2.11. The highest BCUT2D eigenvalue weighted by atomic mass is 16.2. The number of Topliss-reactive ketones (excluding diaryl/α,β-unsaturated/α-hetero) is 1. The number of aryl methyl sites for hydroxylation is 1. The quantitative estimate of drug-likeness (QED) is 0.879. The van der Waals surface area contributed by atoms with Crippen LogP contribution in [0.2, 0.25) is 0 Å². The number of nitrogens with zero attached hydrogens (tertiary/aromatic N) is 2. The molecule has 0 bridgehead atoms. The Labute approximate surface area is 106 Å². The summed E-state index contributed by atoms with van der Waals surface area (Å²) < 4.78 is 1.98. The van der Waals surface area contributed by atoms with Crippen LogP contribution in [0.4, 0.5) is 0 Å². The number of carbonyl (C=O) groups excluding carboxylic acids is 1. The summed E-state index contributed by atoms with van der Waals surface area (Å²) in [4.78, 5) is 16.2. The molecular weight excluding hydrogens is 228 g/mol. The first-order chi connectivity index (χ1) is 8.65. The van der Waals surface area contributed by atoms with Gasteiger partial charge in [0.2, 0.25) is 0 Å². The van der Waals surface area contributed by atoms with Crippen molar-refractivity contribution in [2.24, 2.45) is 0 Å². The number of carbonyl (C=O) groups is 1. The zero-order chi connectivity index (χ0) is 13.1. The summed E-state index contributed by atoms with van der Waals surface area (Å²) in [6.45, 7) is 3.62. The van der Waals surface area contributed by atoms with Crippen LogP contribution in [-0.4, -0.2) is 27.0 Å². The van der Waals surface area contributed by atoms with E-state index < -0.39 is 0 Å². The minimum atomic E-state index is -0.217. The first kappa shape index (κ1) is 12.8. The molecule has 0 saturated heterocycles. The third kappa shape index (κ3) is 2.29. The zero-order valence-electron chi connectivity index (χ0n) is 10.8. The summed E-state index contributed by atoms with van der Waals surface area (Å²) in [6, 6.07) is 7.59. The van der Waals surface area contributed by atoms with Gasteiger partial charge in [0.15, 0.2) is 5.78 Å². The molecule has 0 aliphatic heterocycles. The van der Waals surface area contributed by atoms with Gasteiger partial charge in [0.05, 0.1) is 17.1 Å². The molecule has 4 nitrogen and oxygen atoms in total. The van der Waals surface area contributed by atoms with Gasteiger partial charge in [-0.2, -0.15) is 0 Å². The average molecular weight is 246 g/mol. The maximum Gasteiger partial charge on any atom is 0.152 e. The Morgan fingerprint density at radius 3 is 2.83 bits per heavy atom. The van der Waals surface area contributed by atoms with Gasteiger partial charge in [0.1, 0.15) is 5.82 Å². The number of para-hydroxylation sites is 2. The van der Waals surface area contributed by atoms with Gasteiger partial charge < -0.3 is 9.67 Å². The van der Waals surface area contributed by atoms with Crippen LogP contribution in [0.1, 0.15) is 32.1 Å². The molecule has 1 heterocycles. The first-order valence-electron chi connectivity index (χ1n) is 6.22. The molecule has 4 heteroatoms. The lowest BCUT2D eigenvalue weighted by molar-refractivity contribution is -0.119. The normalized spacial score (nSPS) is 12.8. The molecule has 1 atom stereocenters. The smallest absolute Gasteiger partial charge is 0.152 e. The molecule has 2 aromatic rings. The van der Waals surface area contributed by atoms with Gasteiger partial charge in [-0.1, -0.05) is 12.1 Å². The molecule has 0 amide bonds. The third-order valence-corrected chi connectivity index (χ3v) is 3.20. The number of aromatic nitrogens is 2. The zero-order valence-corrected chi connectivity index (χ0v) is 10.8. The van der Waals surface area contributed by atoms with Crippen molar-refractivity contribution in [3.63, 3.8) is 0 Å². The number of ketones is 1. The van der Waals surface area contributed by atoms with Crippen LogP contribution in [0.15, 0.2) is 24.3 Å². The van der Waals surface area contributed by atoms with E-state index in [9.17, 15) is 4.79 Å². The molecule has 0 fully saturated rings. The Bertz CT molecular complexity index is 560. The van der Waals surface area contributed by atoms with Crippen LogP contribution in [0.25, 0.3) is 11.0 Å². The molecule has 1 aromatic heterocycles. The van der Waals surface area contributed by atoms with Crippen molar-refractivity contribution >= 4 is 16.8 Å². The van der Waals surface area contributed by atoms with Gasteiger partial charge in [-0.25, -0.2) is 4.98 Å². The minimum Gasteiger partial charge on any atom is -0.396 e. The van der Waals surface area contributed by atoms with Crippen LogP contribution in [0.3, 0.4) is 0 Å². The second-order valence-electron chi connectivity index (χ2n) is 4.50. The summed E-state index contributed by atoms with van der Waals surface area (Å²) in [6.07, 6.45) is 1.34. The Morgan fingerprint density at radius 1 is 1.44 bits per heavy atom. The van der Waals surface area contributed by atoms with E-state index in [2.05, 4.69) is 4.98 Å². The van der Waals surface area contributed by atoms with Crippen molar-refractivity contribution in [2.75, 3.05) is 6.61 Å². The highest BCUT2D eigenvalue weighted by molar-refractivity contribution is 5.83. The number of imidazole rings is 1. The first-order valence-corrected chi connectivity index (χ1v) is 6.22. The summed E-state index contributed by atoms with van der Waals surface area (Å²) in [5.41, 5.74) is 1.88. The van der Waals surface area contributed by atoms with Crippen LogP contribution in [0.5, 0.6) is 0 Å². The van der Waals surface area contributed by atoms with E-state index in [0.29, 0.717) is 12.8 Å². The molecule has 18 heavy (non-hydrogen) atoms. The molecule has 96 valence electrons. The fourth-order valence-electron chi connectivity index (χ4n) is 2.12. The summed E-state index contributed by atoms with van der Waals surface area (Å²) in [5, 5.41) is 8.94. The largest absolute Gasteiger partial charge is 0.396 e. The van der Waals surface area contributed by atoms with Crippen molar-refractivity contribution in [1.82, 2.24) is 9.55 Å². The summed E-state index contributed by atoms with van der Waals surface area (Å²) in [7, 11) is 0. The maximum atomic E-state index is 11.6. The fourth-order valence-corrected chi connectivity index (χ4v) is 2.12. The number of hydrogen-bond donors (Lipinski definition) is 1. The number of hydrogen-bond acceptors (Lipinski definition) is 3. The van der Waals surface area contributed by atoms with E-state index in [1.165, 1.54) is 0 Å². The SMILES string of the molecule is CC(=O)C(C)n1c(CCCO)nc2ccccc21. The Hall–Kier alpha value is -1.68. The molecular formula is C14H18N2O2. The van der Waals surface area contributed by atoms with Crippen molar-refractivity contribution < 1.29 is 9.90 Å². The van der Waals surface area contributed by atoms with Gasteiger partial charge in [-0.3, -0.25) is 4.79 Å². The van der Waals surface area contributed by atoms with E-state index >= 15 is 0 Å². The number of aliphatic hydroxyl groups is 1. The topological polar surface area (TPSA) is 55.1 Å². The molecule has 2 rings (SSSR count). The van der Waals surface area contributed by atoms with Crippen LogP contribution in [-0.2, 0) is 11.2 Å². The lowest BCUT2D eigenvalue weighted by atomic mass is 10.2. The maximum absolute atomic E-state index is 11.6. The number of rotatable bonds is 5. The fraction of sp³-hybridized carbons (Fsp3) is 0.429. The summed E-state index contributed by atoms with van der Waals surface area (Å²) in [5.74, 6) is 0.983. The molecule has 0 aliphatic carbocycles. The molecule has 0 aliphatic rings. The van der Waals surface area contributed by atoms with Gasteiger partial charge >= 0.3 is 0 Å². The molecule has 0 saturated carbocycles. The van der Waals surface area contributed by atoms with Gasteiger partial charge in [0, 0.05) is 13.0 Å². The predicted molar refractivity (Wildman–Crippen MR) is 70.5 cm³/mol. The minimum absolute atomic E-state index is 0.114. The van der Waals surface area contributed by atoms with E-state index in [4.69, 9.17) is 5.11 Å². The van der Waals surface area contributed by atoms with Gasteiger partial charge in [-0.15, -0.1) is 0 Å². The number of aliphatic hydroxyl groups excluding tert-OH is 1. The van der Waals surface area contributed by atoms with Gasteiger partial charge in [0.25, 0.3) is 0 Å². The summed E-state index contributed by atoms with van der Waals surface area (Å²) >= 11 is 0. The Kier molecular flexibility index (Phi) is 3.77. The lowest BCUT2D eigenvalue weighted by Gasteiger charge is -2.14. The molecule has 1 N–H and O–H groups in total. The molecule has 0 radical (unpaired) electrons. The Morgan fingerprint density at radius 2 is 2.17 bits per heavy atom. The van der Waals surface area contributed by atoms with Crippen molar-refractivity contribution in [3.05, 3.63) is 30.1 Å². The van der Waals surface area contributed by atoms with E-state index in [0.717, 1.165) is 16.9 Å². The van der Waals surface area contributed by atoms with Crippen molar-refractivity contribution in [3.8, 4) is 0 Å². The second kappa shape index (κ2) is 5.31. The highest BCUT2D eigenvalue weighted by Gasteiger charge is 2.18. The highest BCUT2D eigenvalue weighted by Crippen LogP contribution is 2.22. The van der Waals surface area contributed by atoms with Crippen LogP contribution in [0, 0.1) is 0 Å². The molecule has 1 unspecified atom stereocenters. The van der Waals surface area contributed by atoms with E-state index in [1.807, 2.05) is 35.8 Å². The van der Waals surface area contributed by atoms with E-state index in [-0.39, 0.29) is 18.4 Å². The lowest BCUT2D eigenvalue weighted by Crippen LogP contribution is -2.16. The molecule has 0 spiro atoms. The Balaban J connectivity index is 2.53. The van der Waals surface area contributed by atoms with E-state index in [1.54, 1.807) is 6.92 Å². The van der Waals surface area contributed by atoms with Crippen molar-refractivity contribution in [2.45, 2.75) is 32.7 Å². The van der Waals surface area contributed by atoms with Crippen LogP contribution >= 0.6 is 0 Å². The van der Waals surface area contributed by atoms with Crippen LogP contribution < -0.4 is 0 Å². The van der Waals surface area contributed by atoms with Gasteiger partial charge in [-0.05, 0) is 32.4 Å². The number of benzene rings is 1. The number of fused-ring (bicyclic) bond motifs is 1.